The summed E-state index contributed by atoms with van der Waals surface area (Å²) in [5, 5.41) is 10.2. The summed E-state index contributed by atoms with van der Waals surface area (Å²) in [5.41, 5.74) is 0.290. The third-order valence-electron chi connectivity index (χ3n) is 3.39. The molecule has 0 bridgehead atoms. The Balaban J connectivity index is 3.12. The minimum Gasteiger partial charge on any atom is -0.468 e. The van der Waals surface area contributed by atoms with Crippen molar-refractivity contribution in [1.29, 1.82) is 0 Å². The minimum atomic E-state index is -0.614. The molecule has 0 fully saturated rings. The molecule has 1 aliphatic carbocycles. The Hall–Kier alpha value is -0.350. The van der Waals surface area contributed by atoms with Gasteiger partial charge in [0.1, 0.15) is 0 Å². The summed E-state index contributed by atoms with van der Waals surface area (Å²) >= 11 is 3.35. The van der Waals surface area contributed by atoms with Crippen molar-refractivity contribution in [3.05, 3.63) is 11.6 Å². The molecule has 1 aliphatic rings. The number of aliphatic hydroxyl groups excluding tert-OH is 1. The molecule has 0 saturated carbocycles. The number of ether oxygens (including phenoxy) is 1. The highest BCUT2D eigenvalue weighted by atomic mass is 79.9. The number of aliphatic hydroxyl groups is 1. The van der Waals surface area contributed by atoms with Gasteiger partial charge in [-0.05, 0) is 24.8 Å². The summed E-state index contributed by atoms with van der Waals surface area (Å²) < 4.78 is 4.85. The van der Waals surface area contributed by atoms with E-state index >= 15 is 0 Å². The second kappa shape index (κ2) is 4.66. The van der Waals surface area contributed by atoms with Gasteiger partial charge in [0.05, 0.1) is 18.6 Å². The van der Waals surface area contributed by atoms with Crippen LogP contribution in [-0.4, -0.2) is 29.6 Å². The number of hydrogen-bond acceptors (Lipinski definition) is 3. The summed E-state index contributed by atoms with van der Waals surface area (Å²) in [4.78, 5) is 11.8. The molecule has 0 aliphatic heterocycles. The van der Waals surface area contributed by atoms with Crippen LogP contribution in [0.25, 0.3) is 0 Å². The van der Waals surface area contributed by atoms with E-state index in [4.69, 9.17) is 4.74 Å². The van der Waals surface area contributed by atoms with E-state index in [2.05, 4.69) is 15.9 Å². The number of halogens is 1. The highest BCUT2D eigenvalue weighted by molar-refractivity contribution is 9.09. The van der Waals surface area contributed by atoms with Gasteiger partial charge in [0.2, 0.25) is 0 Å². The fourth-order valence-corrected chi connectivity index (χ4v) is 2.88. The molecule has 0 unspecified atom stereocenters. The Morgan fingerprint density at radius 3 is 2.87 bits per heavy atom. The first-order chi connectivity index (χ1) is 6.96. The predicted molar refractivity (Wildman–Crippen MR) is 61.8 cm³/mol. The van der Waals surface area contributed by atoms with E-state index in [0.29, 0.717) is 11.8 Å². The average Bonchev–Trinajstić information content (AvgIpc) is 2.21. The zero-order chi connectivity index (χ0) is 11.6. The van der Waals surface area contributed by atoms with Gasteiger partial charge in [0.15, 0.2) is 0 Å². The van der Waals surface area contributed by atoms with Crippen LogP contribution in [0.4, 0.5) is 0 Å². The number of carbonyl (C=O) groups is 1. The van der Waals surface area contributed by atoms with Crippen LogP contribution < -0.4 is 0 Å². The van der Waals surface area contributed by atoms with Crippen molar-refractivity contribution in [1.82, 2.24) is 0 Å². The molecule has 0 heterocycles. The smallest absolute Gasteiger partial charge is 0.315 e. The van der Waals surface area contributed by atoms with Crippen molar-refractivity contribution < 1.29 is 14.6 Å². The van der Waals surface area contributed by atoms with Crippen molar-refractivity contribution in [3.8, 4) is 0 Å². The molecule has 0 radical (unpaired) electrons. The maximum Gasteiger partial charge on any atom is 0.315 e. The Morgan fingerprint density at radius 1 is 1.80 bits per heavy atom. The SMILES string of the molecule is COC(=O)[C@]1(C)C(CBr)=C[C@H](O)C[C@H]1C. The van der Waals surface area contributed by atoms with Crippen molar-refractivity contribution in [2.24, 2.45) is 11.3 Å². The minimum absolute atomic E-state index is 0.0810. The van der Waals surface area contributed by atoms with Gasteiger partial charge in [-0.15, -0.1) is 0 Å². The quantitative estimate of drug-likeness (QED) is 0.476. The standard InChI is InChI=1S/C11H17BrO3/c1-7-4-9(13)5-8(6-12)11(7,2)10(14)15-3/h5,7,9,13H,4,6H2,1-3H3/t7-,9-,11+/m1/s1. The van der Waals surface area contributed by atoms with Crippen LogP contribution in [0.15, 0.2) is 11.6 Å². The maximum absolute atomic E-state index is 11.8. The first kappa shape index (κ1) is 12.7. The number of rotatable bonds is 2. The molecule has 0 saturated heterocycles. The van der Waals surface area contributed by atoms with E-state index in [1.54, 1.807) is 6.08 Å². The zero-order valence-corrected chi connectivity index (χ0v) is 10.9. The topological polar surface area (TPSA) is 46.5 Å². The molecular weight excluding hydrogens is 260 g/mol. The Morgan fingerprint density at radius 2 is 2.40 bits per heavy atom. The Labute approximate surface area is 98.6 Å². The van der Waals surface area contributed by atoms with Crippen molar-refractivity contribution >= 4 is 21.9 Å². The fourth-order valence-electron chi connectivity index (χ4n) is 2.12. The lowest BCUT2D eigenvalue weighted by Crippen LogP contribution is -2.42. The number of methoxy groups -OCH3 is 1. The summed E-state index contributed by atoms with van der Waals surface area (Å²) in [6.07, 6.45) is 1.90. The van der Waals surface area contributed by atoms with Crippen LogP contribution in [0, 0.1) is 11.3 Å². The number of carbonyl (C=O) groups excluding carboxylic acids is 1. The second-order valence-corrected chi connectivity index (χ2v) is 4.78. The van der Waals surface area contributed by atoms with Gasteiger partial charge in [0, 0.05) is 5.33 Å². The van der Waals surface area contributed by atoms with E-state index < -0.39 is 11.5 Å². The lowest BCUT2D eigenvalue weighted by Gasteiger charge is -2.39. The summed E-state index contributed by atoms with van der Waals surface area (Å²) in [6.45, 7) is 3.85. The first-order valence-corrected chi connectivity index (χ1v) is 6.12. The van der Waals surface area contributed by atoms with Gasteiger partial charge >= 0.3 is 5.97 Å². The highest BCUT2D eigenvalue weighted by Crippen LogP contribution is 2.43. The van der Waals surface area contributed by atoms with Crippen LogP contribution in [0.5, 0.6) is 0 Å². The average molecular weight is 277 g/mol. The van der Waals surface area contributed by atoms with Gasteiger partial charge in [-0.1, -0.05) is 28.9 Å². The molecule has 3 atom stereocenters. The highest BCUT2D eigenvalue weighted by Gasteiger charge is 2.45. The van der Waals surface area contributed by atoms with E-state index in [0.717, 1.165) is 5.57 Å². The summed E-state index contributed by atoms with van der Waals surface area (Å²) in [7, 11) is 1.40. The van der Waals surface area contributed by atoms with Crippen LogP contribution in [0.1, 0.15) is 20.3 Å². The van der Waals surface area contributed by atoms with E-state index in [1.807, 2.05) is 13.8 Å². The third-order valence-corrected chi connectivity index (χ3v) is 4.00. The van der Waals surface area contributed by atoms with Crippen LogP contribution >= 0.6 is 15.9 Å². The Bertz CT molecular complexity index is 288. The number of hydrogen-bond donors (Lipinski definition) is 1. The van der Waals surface area contributed by atoms with E-state index in [1.165, 1.54) is 7.11 Å². The van der Waals surface area contributed by atoms with Gasteiger partial charge in [-0.2, -0.15) is 0 Å². The van der Waals surface area contributed by atoms with Gasteiger partial charge in [-0.3, -0.25) is 4.79 Å². The van der Waals surface area contributed by atoms with E-state index in [9.17, 15) is 9.90 Å². The lowest BCUT2D eigenvalue weighted by atomic mass is 9.67. The Kier molecular flexibility index (Phi) is 3.95. The predicted octanol–water partition coefficient (Wildman–Crippen LogP) is 1.89. The fraction of sp³-hybridized carbons (Fsp3) is 0.727. The van der Waals surface area contributed by atoms with Gasteiger partial charge in [0.25, 0.3) is 0 Å². The van der Waals surface area contributed by atoms with Crippen LogP contribution in [0.3, 0.4) is 0 Å². The second-order valence-electron chi connectivity index (χ2n) is 4.22. The monoisotopic (exact) mass is 276 g/mol. The number of alkyl halides is 1. The first-order valence-electron chi connectivity index (χ1n) is 5.00. The van der Waals surface area contributed by atoms with Crippen LogP contribution in [0.2, 0.25) is 0 Å². The largest absolute Gasteiger partial charge is 0.468 e. The lowest BCUT2D eigenvalue weighted by molar-refractivity contribution is -0.153. The molecule has 0 spiro atoms. The van der Waals surface area contributed by atoms with Gasteiger partial charge in [-0.25, -0.2) is 0 Å². The summed E-state index contributed by atoms with van der Waals surface area (Å²) in [5.74, 6) is -0.148. The molecular formula is C11H17BrO3. The molecule has 0 aromatic heterocycles. The molecule has 1 N–H and O–H groups in total. The summed E-state index contributed by atoms with van der Waals surface area (Å²) in [6, 6.07) is 0. The molecule has 86 valence electrons. The van der Waals surface area contributed by atoms with E-state index in [-0.39, 0.29) is 11.9 Å². The maximum atomic E-state index is 11.8. The molecule has 1 rings (SSSR count). The van der Waals surface area contributed by atoms with Gasteiger partial charge < -0.3 is 9.84 Å². The number of esters is 1. The van der Waals surface area contributed by atoms with Crippen LogP contribution in [-0.2, 0) is 9.53 Å². The van der Waals surface area contributed by atoms with Crippen molar-refractivity contribution in [2.75, 3.05) is 12.4 Å². The molecule has 0 amide bonds. The molecule has 3 nitrogen and oxygen atoms in total. The molecule has 0 aromatic carbocycles. The van der Waals surface area contributed by atoms with Crippen molar-refractivity contribution in [3.63, 3.8) is 0 Å². The zero-order valence-electron chi connectivity index (χ0n) is 9.29. The molecule has 0 aromatic rings. The molecule has 15 heavy (non-hydrogen) atoms. The van der Waals surface area contributed by atoms with Crippen molar-refractivity contribution in [2.45, 2.75) is 26.4 Å². The normalized spacial score (nSPS) is 35.9. The third kappa shape index (κ3) is 2.11. The molecule has 4 heteroatoms.